The molecule has 2 aromatic carbocycles. The fraction of sp³-hybridized carbons (Fsp3) is 0.304. The van der Waals surface area contributed by atoms with Crippen molar-refractivity contribution in [1.29, 1.82) is 0 Å². The van der Waals surface area contributed by atoms with E-state index in [1.807, 2.05) is 30.3 Å². The van der Waals surface area contributed by atoms with Gasteiger partial charge in [0, 0.05) is 0 Å². The molecule has 5 amide bonds. The predicted octanol–water partition coefficient (Wildman–Crippen LogP) is 2.30. The summed E-state index contributed by atoms with van der Waals surface area (Å²) in [5.74, 6) is -1.26. The maximum absolute atomic E-state index is 13.2. The van der Waals surface area contributed by atoms with Crippen LogP contribution in [0.2, 0.25) is 0 Å². The van der Waals surface area contributed by atoms with Crippen molar-refractivity contribution in [2.24, 2.45) is 0 Å². The highest BCUT2D eigenvalue weighted by molar-refractivity contribution is 6.16. The van der Waals surface area contributed by atoms with Crippen molar-refractivity contribution in [3.8, 4) is 0 Å². The quantitative estimate of drug-likeness (QED) is 0.725. The van der Waals surface area contributed by atoms with Crippen LogP contribution in [0.4, 0.5) is 16.2 Å². The number of imide groups is 1. The fourth-order valence-corrected chi connectivity index (χ4v) is 3.98. The summed E-state index contributed by atoms with van der Waals surface area (Å²) in [7, 11) is 0. The largest absolute Gasteiger partial charge is 0.326 e. The smallest absolute Gasteiger partial charge is 0.325 e. The Morgan fingerprint density at radius 3 is 2.42 bits per heavy atom. The average Bonchev–Trinajstić information content (AvgIpc) is 3.01. The molecule has 0 spiro atoms. The first-order valence-corrected chi connectivity index (χ1v) is 10.2. The molecule has 8 heteroatoms. The molecule has 1 saturated heterocycles. The van der Waals surface area contributed by atoms with Crippen molar-refractivity contribution < 1.29 is 19.2 Å². The fourth-order valence-electron chi connectivity index (χ4n) is 3.98. The molecular weight excluding hydrogens is 396 g/mol. The van der Waals surface area contributed by atoms with Gasteiger partial charge >= 0.3 is 6.03 Å². The highest BCUT2D eigenvalue weighted by Crippen LogP contribution is 2.36. The van der Waals surface area contributed by atoms with Crippen LogP contribution in [0, 0.1) is 0 Å². The molecule has 31 heavy (non-hydrogen) atoms. The van der Waals surface area contributed by atoms with Gasteiger partial charge in [0.2, 0.25) is 11.8 Å². The van der Waals surface area contributed by atoms with Crippen molar-refractivity contribution in [3.05, 3.63) is 60.2 Å². The highest BCUT2D eigenvalue weighted by Gasteiger charge is 2.46. The van der Waals surface area contributed by atoms with Gasteiger partial charge in [0.05, 0.1) is 11.4 Å². The molecule has 2 N–H and O–H groups in total. The van der Waals surface area contributed by atoms with Gasteiger partial charge in [-0.15, -0.1) is 0 Å². The molecule has 0 saturated carbocycles. The second-order valence-corrected chi connectivity index (χ2v) is 8.21. The SMILES string of the molecule is CC1(C)C(=O)Nc2ccccc2N1C(=O)CN1C(=O)N[C@@H](CCc2ccccc2)C1=O. The number of fused-ring (bicyclic) bond motifs is 1. The van der Waals surface area contributed by atoms with E-state index in [1.165, 1.54) is 4.90 Å². The summed E-state index contributed by atoms with van der Waals surface area (Å²) in [6.07, 6.45) is 1.08. The zero-order chi connectivity index (χ0) is 22.2. The second kappa shape index (κ2) is 7.86. The number of aryl methyl sites for hydroxylation is 1. The first-order chi connectivity index (χ1) is 14.8. The van der Waals surface area contributed by atoms with Gasteiger partial charge in [0.1, 0.15) is 18.1 Å². The number of hydrogen-bond donors (Lipinski definition) is 2. The molecule has 2 heterocycles. The maximum Gasteiger partial charge on any atom is 0.325 e. The first-order valence-electron chi connectivity index (χ1n) is 10.2. The lowest BCUT2D eigenvalue weighted by Gasteiger charge is -2.42. The summed E-state index contributed by atoms with van der Waals surface area (Å²) < 4.78 is 0. The van der Waals surface area contributed by atoms with Crippen LogP contribution in [-0.2, 0) is 20.8 Å². The van der Waals surface area contributed by atoms with Crippen LogP contribution in [0.1, 0.15) is 25.8 Å². The summed E-state index contributed by atoms with van der Waals surface area (Å²) >= 11 is 0. The van der Waals surface area contributed by atoms with E-state index in [1.54, 1.807) is 38.1 Å². The number of amides is 5. The third-order valence-electron chi connectivity index (χ3n) is 5.72. The monoisotopic (exact) mass is 420 g/mol. The number of nitrogens with zero attached hydrogens (tertiary/aromatic N) is 2. The summed E-state index contributed by atoms with van der Waals surface area (Å²) in [6, 6.07) is 15.4. The summed E-state index contributed by atoms with van der Waals surface area (Å²) in [6.45, 7) is 2.83. The molecule has 0 aliphatic carbocycles. The Kier molecular flexibility index (Phi) is 5.22. The van der Waals surface area contributed by atoms with Gasteiger partial charge in [0.25, 0.3) is 5.91 Å². The molecule has 0 bridgehead atoms. The van der Waals surface area contributed by atoms with E-state index >= 15 is 0 Å². The molecular formula is C23H24N4O4. The van der Waals surface area contributed by atoms with Crippen molar-refractivity contribution in [2.75, 3.05) is 16.8 Å². The average molecular weight is 420 g/mol. The molecule has 2 aromatic rings. The number of benzene rings is 2. The van der Waals surface area contributed by atoms with E-state index < -0.39 is 36.0 Å². The number of anilines is 2. The topological polar surface area (TPSA) is 98.8 Å². The molecule has 1 fully saturated rings. The Morgan fingerprint density at radius 2 is 1.68 bits per heavy atom. The Balaban J connectivity index is 1.49. The molecule has 8 nitrogen and oxygen atoms in total. The summed E-state index contributed by atoms with van der Waals surface area (Å²) in [4.78, 5) is 53.3. The van der Waals surface area contributed by atoms with Gasteiger partial charge in [0.15, 0.2) is 0 Å². The number of urea groups is 1. The third kappa shape index (κ3) is 3.76. The molecule has 0 radical (unpaired) electrons. The predicted molar refractivity (Wildman–Crippen MR) is 115 cm³/mol. The normalized spacial score (nSPS) is 19.7. The number of hydrogen-bond acceptors (Lipinski definition) is 4. The maximum atomic E-state index is 13.2. The van der Waals surface area contributed by atoms with E-state index in [4.69, 9.17) is 0 Å². The molecule has 2 aliphatic rings. The van der Waals surface area contributed by atoms with E-state index in [0.717, 1.165) is 10.5 Å². The lowest BCUT2D eigenvalue weighted by Crippen LogP contribution is -2.60. The van der Waals surface area contributed by atoms with Crippen molar-refractivity contribution in [3.63, 3.8) is 0 Å². The van der Waals surface area contributed by atoms with Crippen LogP contribution in [0.3, 0.4) is 0 Å². The molecule has 4 rings (SSSR count). The Labute approximate surface area is 180 Å². The number of carbonyl (C=O) groups is 4. The Bertz CT molecular complexity index is 1050. The van der Waals surface area contributed by atoms with Crippen molar-refractivity contribution >= 4 is 35.1 Å². The standard InChI is InChI=1S/C23H24N4O4/c1-23(2)21(30)24-16-10-6-7-11-18(16)27(23)19(28)14-26-20(29)17(25-22(26)31)13-12-15-8-4-3-5-9-15/h3-11,17H,12-14H2,1-2H3,(H,24,30)(H,25,31)/t17-/m0/s1. The van der Waals surface area contributed by atoms with E-state index in [-0.39, 0.29) is 5.91 Å². The van der Waals surface area contributed by atoms with Crippen molar-refractivity contribution in [1.82, 2.24) is 10.2 Å². The molecule has 0 unspecified atom stereocenters. The zero-order valence-corrected chi connectivity index (χ0v) is 17.4. The molecule has 0 aromatic heterocycles. The Hall–Kier alpha value is -3.68. The van der Waals surface area contributed by atoms with Crippen molar-refractivity contribution in [2.45, 2.75) is 38.3 Å². The van der Waals surface area contributed by atoms with E-state index in [0.29, 0.717) is 24.2 Å². The minimum Gasteiger partial charge on any atom is -0.326 e. The molecule has 2 aliphatic heterocycles. The first kappa shape index (κ1) is 20.6. The lowest BCUT2D eigenvalue weighted by atomic mass is 9.96. The minimum atomic E-state index is -1.17. The van der Waals surface area contributed by atoms with Gasteiger partial charge in [-0.25, -0.2) is 4.79 Å². The number of para-hydroxylation sites is 2. The van der Waals surface area contributed by atoms with Crippen LogP contribution in [0.25, 0.3) is 0 Å². The second-order valence-electron chi connectivity index (χ2n) is 8.21. The van der Waals surface area contributed by atoms with Crippen LogP contribution in [-0.4, -0.2) is 46.8 Å². The summed E-state index contributed by atoms with van der Waals surface area (Å²) in [5.41, 5.74) is 0.942. The highest BCUT2D eigenvalue weighted by atomic mass is 16.2. The van der Waals surface area contributed by atoms with Crippen LogP contribution >= 0.6 is 0 Å². The van der Waals surface area contributed by atoms with Crippen LogP contribution in [0.15, 0.2) is 54.6 Å². The summed E-state index contributed by atoms with van der Waals surface area (Å²) in [5, 5.41) is 5.46. The number of rotatable bonds is 5. The zero-order valence-electron chi connectivity index (χ0n) is 17.4. The van der Waals surface area contributed by atoms with Crippen LogP contribution < -0.4 is 15.5 Å². The lowest BCUT2D eigenvalue weighted by molar-refractivity contribution is -0.132. The number of carbonyl (C=O) groups excluding carboxylic acids is 4. The van der Waals surface area contributed by atoms with Crippen LogP contribution in [0.5, 0.6) is 0 Å². The van der Waals surface area contributed by atoms with Gasteiger partial charge in [-0.05, 0) is 44.4 Å². The van der Waals surface area contributed by atoms with Gasteiger partial charge < -0.3 is 10.6 Å². The third-order valence-corrected chi connectivity index (χ3v) is 5.72. The van der Waals surface area contributed by atoms with Gasteiger partial charge in [-0.2, -0.15) is 0 Å². The van der Waals surface area contributed by atoms with E-state index in [9.17, 15) is 19.2 Å². The number of nitrogens with one attached hydrogen (secondary N) is 2. The minimum absolute atomic E-state index is 0.336. The van der Waals surface area contributed by atoms with Gasteiger partial charge in [-0.1, -0.05) is 42.5 Å². The van der Waals surface area contributed by atoms with Gasteiger partial charge in [-0.3, -0.25) is 24.2 Å². The Morgan fingerprint density at radius 1 is 1.00 bits per heavy atom. The molecule has 160 valence electrons. The molecule has 1 atom stereocenters. The van der Waals surface area contributed by atoms with E-state index in [2.05, 4.69) is 10.6 Å².